The van der Waals surface area contributed by atoms with E-state index in [0.717, 1.165) is 51.6 Å². The van der Waals surface area contributed by atoms with Crippen LogP contribution in [0.25, 0.3) is 0 Å². The Kier molecular flexibility index (Phi) is 8.22. The maximum atomic E-state index is 5.74. The first-order valence-electron chi connectivity index (χ1n) is 9.45. The second-order valence-electron chi connectivity index (χ2n) is 6.82. The Morgan fingerprint density at radius 2 is 2.00 bits per heavy atom. The fourth-order valence-corrected chi connectivity index (χ4v) is 3.22. The van der Waals surface area contributed by atoms with Crippen LogP contribution in [-0.4, -0.2) is 68.2 Å². The number of guanidine groups is 1. The van der Waals surface area contributed by atoms with Gasteiger partial charge in [-0.1, -0.05) is 30.3 Å². The van der Waals surface area contributed by atoms with E-state index in [0.29, 0.717) is 12.1 Å². The van der Waals surface area contributed by atoms with Gasteiger partial charge in [0.15, 0.2) is 5.96 Å². The largest absolute Gasteiger partial charge is 0.378 e. The van der Waals surface area contributed by atoms with Gasteiger partial charge in [-0.05, 0) is 39.3 Å². The predicted molar refractivity (Wildman–Crippen MR) is 105 cm³/mol. The van der Waals surface area contributed by atoms with E-state index < -0.39 is 0 Å². The van der Waals surface area contributed by atoms with E-state index in [2.05, 4.69) is 71.3 Å². The summed E-state index contributed by atoms with van der Waals surface area (Å²) in [5, 5.41) is 3.55. The van der Waals surface area contributed by atoms with Gasteiger partial charge in [0.2, 0.25) is 0 Å². The first-order chi connectivity index (χ1) is 12.1. The van der Waals surface area contributed by atoms with Crippen molar-refractivity contribution in [3.8, 4) is 0 Å². The molecule has 0 radical (unpaired) electrons. The van der Waals surface area contributed by atoms with E-state index in [9.17, 15) is 0 Å². The smallest absolute Gasteiger partial charge is 0.193 e. The predicted octanol–water partition coefficient (Wildman–Crippen LogP) is 2.58. The molecule has 1 fully saturated rings. The van der Waals surface area contributed by atoms with Gasteiger partial charge in [-0.25, -0.2) is 0 Å². The minimum Gasteiger partial charge on any atom is -0.378 e. The molecule has 1 saturated heterocycles. The number of aliphatic imine (C=N–C) groups is 1. The topological polar surface area (TPSA) is 40.1 Å². The summed E-state index contributed by atoms with van der Waals surface area (Å²) in [5.74, 6) is 1.01. The highest BCUT2D eigenvalue weighted by atomic mass is 16.5. The van der Waals surface area contributed by atoms with E-state index in [1.54, 1.807) is 0 Å². The van der Waals surface area contributed by atoms with Crippen LogP contribution in [0.3, 0.4) is 0 Å². The van der Waals surface area contributed by atoms with Gasteiger partial charge in [0.1, 0.15) is 0 Å². The van der Waals surface area contributed by atoms with Gasteiger partial charge in [-0.3, -0.25) is 9.89 Å². The van der Waals surface area contributed by atoms with Gasteiger partial charge < -0.3 is 15.0 Å². The fraction of sp³-hybridized carbons (Fsp3) is 0.650. The summed E-state index contributed by atoms with van der Waals surface area (Å²) in [7, 11) is 4.05. The molecule has 5 nitrogen and oxygen atoms in total. The van der Waals surface area contributed by atoms with Crippen molar-refractivity contribution in [2.24, 2.45) is 4.99 Å². The Morgan fingerprint density at radius 3 is 2.60 bits per heavy atom. The van der Waals surface area contributed by atoms with Gasteiger partial charge in [0, 0.05) is 45.9 Å². The normalized spacial score (nSPS) is 17.8. The number of hydrogen-bond acceptors (Lipinski definition) is 3. The van der Waals surface area contributed by atoms with Crippen LogP contribution < -0.4 is 5.32 Å². The molecule has 0 amide bonds. The first-order valence-corrected chi connectivity index (χ1v) is 9.45. The molecule has 1 unspecified atom stereocenters. The maximum Gasteiger partial charge on any atom is 0.193 e. The van der Waals surface area contributed by atoms with Gasteiger partial charge >= 0.3 is 0 Å². The summed E-state index contributed by atoms with van der Waals surface area (Å²) in [5.41, 5.74) is 1.35. The van der Waals surface area contributed by atoms with E-state index in [4.69, 9.17) is 4.74 Å². The van der Waals surface area contributed by atoms with Crippen molar-refractivity contribution in [1.29, 1.82) is 0 Å². The Bertz CT molecular complexity index is 512. The minimum atomic E-state index is 0.412. The molecule has 0 aromatic heterocycles. The van der Waals surface area contributed by atoms with Crippen LogP contribution in [0.2, 0.25) is 0 Å². The number of ether oxygens (including phenoxy) is 1. The van der Waals surface area contributed by atoms with Crippen LogP contribution in [0.15, 0.2) is 35.3 Å². The number of likely N-dealkylation sites (tertiary alicyclic amines) is 1. The van der Waals surface area contributed by atoms with Crippen molar-refractivity contribution in [2.75, 3.05) is 40.3 Å². The molecule has 25 heavy (non-hydrogen) atoms. The number of likely N-dealkylation sites (N-methyl/N-ethyl adjacent to an activating group) is 1. The Labute approximate surface area is 153 Å². The number of piperidine rings is 1. The molecule has 1 atom stereocenters. The molecule has 0 spiro atoms. The molecule has 1 heterocycles. The zero-order valence-electron chi connectivity index (χ0n) is 16.2. The van der Waals surface area contributed by atoms with E-state index >= 15 is 0 Å². The van der Waals surface area contributed by atoms with Gasteiger partial charge in [0.05, 0.1) is 6.10 Å². The first kappa shape index (κ1) is 19.7. The lowest BCUT2D eigenvalue weighted by molar-refractivity contribution is 0.0263. The number of hydrogen-bond donors (Lipinski definition) is 1. The lowest BCUT2D eigenvalue weighted by Gasteiger charge is -2.35. The van der Waals surface area contributed by atoms with Crippen LogP contribution in [-0.2, 0) is 11.3 Å². The van der Waals surface area contributed by atoms with Crippen LogP contribution >= 0.6 is 0 Å². The van der Waals surface area contributed by atoms with Crippen LogP contribution in [0.5, 0.6) is 0 Å². The highest BCUT2D eigenvalue weighted by Gasteiger charge is 2.22. The molecule has 0 aliphatic carbocycles. The average Bonchev–Trinajstić information content (AvgIpc) is 2.64. The Morgan fingerprint density at radius 1 is 1.32 bits per heavy atom. The van der Waals surface area contributed by atoms with E-state index in [1.165, 1.54) is 5.56 Å². The SMILES string of the molecule is CCOC1CCN(C(=NC)NCC(C)N(C)Cc2ccccc2)CC1. The maximum absolute atomic E-state index is 5.74. The second kappa shape index (κ2) is 10.4. The summed E-state index contributed by atoms with van der Waals surface area (Å²) in [6, 6.07) is 11.0. The third kappa shape index (κ3) is 6.33. The molecule has 0 saturated carbocycles. The molecular weight excluding hydrogens is 312 g/mol. The highest BCUT2D eigenvalue weighted by molar-refractivity contribution is 5.80. The van der Waals surface area contributed by atoms with Gasteiger partial charge in [-0.2, -0.15) is 0 Å². The van der Waals surface area contributed by atoms with Crippen molar-refractivity contribution in [3.63, 3.8) is 0 Å². The zero-order valence-corrected chi connectivity index (χ0v) is 16.2. The molecule has 1 N–H and O–H groups in total. The van der Waals surface area contributed by atoms with Crippen molar-refractivity contribution in [3.05, 3.63) is 35.9 Å². The Hall–Kier alpha value is -1.59. The van der Waals surface area contributed by atoms with Crippen molar-refractivity contribution < 1.29 is 4.74 Å². The molecule has 2 rings (SSSR count). The van der Waals surface area contributed by atoms with Crippen molar-refractivity contribution >= 4 is 5.96 Å². The van der Waals surface area contributed by atoms with E-state index in [-0.39, 0.29) is 0 Å². The standard InChI is InChI=1S/C20H34N4O/c1-5-25-19-11-13-24(14-12-19)20(21-3)22-15-17(2)23(4)16-18-9-7-6-8-10-18/h6-10,17,19H,5,11-16H2,1-4H3,(H,21,22). The van der Waals surface area contributed by atoms with Gasteiger partial charge in [0.25, 0.3) is 0 Å². The summed E-state index contributed by atoms with van der Waals surface area (Å²) in [6.07, 6.45) is 2.58. The Balaban J connectivity index is 1.76. The summed E-state index contributed by atoms with van der Waals surface area (Å²) in [4.78, 5) is 9.19. The van der Waals surface area contributed by atoms with E-state index in [1.807, 2.05) is 7.05 Å². The number of nitrogens with zero attached hydrogens (tertiary/aromatic N) is 3. The summed E-state index contributed by atoms with van der Waals surface area (Å²) >= 11 is 0. The summed E-state index contributed by atoms with van der Waals surface area (Å²) < 4.78 is 5.74. The fourth-order valence-electron chi connectivity index (χ4n) is 3.22. The molecule has 1 aliphatic rings. The summed E-state index contributed by atoms with van der Waals surface area (Å²) in [6.45, 7) is 9.01. The second-order valence-corrected chi connectivity index (χ2v) is 6.82. The molecule has 140 valence electrons. The van der Waals surface area contributed by atoms with Crippen LogP contribution in [0, 0.1) is 0 Å². The zero-order chi connectivity index (χ0) is 18.1. The lowest BCUT2D eigenvalue weighted by atomic mass is 10.1. The molecule has 5 heteroatoms. The molecule has 0 bridgehead atoms. The lowest BCUT2D eigenvalue weighted by Crippen LogP contribution is -2.49. The number of nitrogens with one attached hydrogen (secondary N) is 1. The monoisotopic (exact) mass is 346 g/mol. The molecular formula is C20H34N4O. The van der Waals surface area contributed by atoms with Crippen molar-refractivity contribution in [1.82, 2.24) is 15.1 Å². The molecule has 1 aliphatic heterocycles. The van der Waals surface area contributed by atoms with Crippen LogP contribution in [0.1, 0.15) is 32.3 Å². The van der Waals surface area contributed by atoms with Gasteiger partial charge in [-0.15, -0.1) is 0 Å². The quantitative estimate of drug-likeness (QED) is 0.608. The number of benzene rings is 1. The number of rotatable bonds is 7. The average molecular weight is 347 g/mol. The third-order valence-electron chi connectivity index (χ3n) is 4.94. The minimum absolute atomic E-state index is 0.412. The molecule has 1 aromatic carbocycles. The third-order valence-corrected chi connectivity index (χ3v) is 4.94. The van der Waals surface area contributed by atoms with Crippen LogP contribution in [0.4, 0.5) is 0 Å². The highest BCUT2D eigenvalue weighted by Crippen LogP contribution is 2.13. The molecule has 1 aromatic rings. The van der Waals surface area contributed by atoms with Crippen molar-refractivity contribution in [2.45, 2.75) is 45.4 Å².